The van der Waals surface area contributed by atoms with Crippen LogP contribution in [0.4, 0.5) is 0 Å². The van der Waals surface area contributed by atoms with Gasteiger partial charge in [-0.05, 0) is 26.0 Å². The molecule has 1 aliphatic heterocycles. The molecule has 2 heterocycles. The van der Waals surface area contributed by atoms with Crippen molar-refractivity contribution in [2.75, 3.05) is 26.3 Å². The maximum Gasteiger partial charge on any atom is 0.191 e. The highest BCUT2D eigenvalue weighted by Gasteiger charge is 2.15. The van der Waals surface area contributed by atoms with E-state index in [9.17, 15) is 0 Å². The molecule has 3 rings (SSSR count). The molecule has 1 aromatic carbocycles. The predicted octanol–water partition coefficient (Wildman–Crippen LogP) is 1.64. The lowest BCUT2D eigenvalue weighted by Crippen LogP contribution is -2.44. The molecule has 0 radical (unpaired) electrons. The van der Waals surface area contributed by atoms with Crippen molar-refractivity contribution in [3.8, 4) is 5.69 Å². The number of hydrogen-bond donors (Lipinski definition) is 1. The molecule has 1 aliphatic rings. The molecule has 0 spiro atoms. The molecule has 0 unspecified atom stereocenters. The normalized spacial score (nSPS) is 15.9. The van der Waals surface area contributed by atoms with Crippen LogP contribution in [0.1, 0.15) is 17.0 Å². The van der Waals surface area contributed by atoms with E-state index in [4.69, 9.17) is 10.5 Å². The number of para-hydroxylation sites is 1. The fraction of sp³-hybridized carbons (Fsp3) is 0.412. The number of guanidine groups is 1. The van der Waals surface area contributed by atoms with Gasteiger partial charge < -0.3 is 15.4 Å². The molecule has 0 aliphatic carbocycles. The predicted molar refractivity (Wildman–Crippen MR) is 90.8 cm³/mol. The maximum atomic E-state index is 6.11. The molecule has 0 bridgehead atoms. The molecule has 1 saturated heterocycles. The SMILES string of the molecule is Cc1nn(-c2ccccc2)c(C)c1CN=C(N)N1CCOCC1. The first-order chi connectivity index (χ1) is 11.2. The zero-order chi connectivity index (χ0) is 16.2. The number of aliphatic imine (C=N–C) groups is 1. The molecule has 6 heteroatoms. The van der Waals surface area contributed by atoms with Gasteiger partial charge in [-0.2, -0.15) is 5.10 Å². The van der Waals surface area contributed by atoms with Crippen molar-refractivity contribution in [1.82, 2.24) is 14.7 Å². The van der Waals surface area contributed by atoms with Crippen LogP contribution in [0.5, 0.6) is 0 Å². The summed E-state index contributed by atoms with van der Waals surface area (Å²) in [5.41, 5.74) is 10.4. The largest absolute Gasteiger partial charge is 0.378 e. The smallest absolute Gasteiger partial charge is 0.191 e. The van der Waals surface area contributed by atoms with Gasteiger partial charge in [-0.25, -0.2) is 9.67 Å². The number of rotatable bonds is 3. The summed E-state index contributed by atoms with van der Waals surface area (Å²) in [6.45, 7) is 7.66. The third kappa shape index (κ3) is 3.37. The molecule has 23 heavy (non-hydrogen) atoms. The quantitative estimate of drug-likeness (QED) is 0.691. The zero-order valence-electron chi connectivity index (χ0n) is 13.7. The molecule has 0 atom stereocenters. The summed E-state index contributed by atoms with van der Waals surface area (Å²) >= 11 is 0. The van der Waals surface area contributed by atoms with Crippen LogP contribution in [0.2, 0.25) is 0 Å². The van der Waals surface area contributed by atoms with Gasteiger partial charge in [-0.15, -0.1) is 0 Å². The Labute approximate surface area is 136 Å². The monoisotopic (exact) mass is 313 g/mol. The van der Waals surface area contributed by atoms with Crippen molar-refractivity contribution in [3.05, 3.63) is 47.3 Å². The van der Waals surface area contributed by atoms with Gasteiger partial charge in [0, 0.05) is 24.3 Å². The number of morpholine rings is 1. The second-order valence-corrected chi connectivity index (χ2v) is 5.67. The number of hydrogen-bond acceptors (Lipinski definition) is 3. The average Bonchev–Trinajstić information content (AvgIpc) is 2.88. The molecular weight excluding hydrogens is 290 g/mol. The van der Waals surface area contributed by atoms with Crippen LogP contribution >= 0.6 is 0 Å². The van der Waals surface area contributed by atoms with Crippen molar-refractivity contribution in [1.29, 1.82) is 0 Å². The molecule has 1 aromatic heterocycles. The Hall–Kier alpha value is -2.34. The average molecular weight is 313 g/mol. The van der Waals surface area contributed by atoms with Gasteiger partial charge in [0.05, 0.1) is 31.1 Å². The molecule has 0 saturated carbocycles. The summed E-state index contributed by atoms with van der Waals surface area (Å²) in [6.07, 6.45) is 0. The van der Waals surface area contributed by atoms with Crippen LogP contribution in [0.15, 0.2) is 35.3 Å². The second kappa shape index (κ2) is 6.83. The second-order valence-electron chi connectivity index (χ2n) is 5.67. The molecule has 1 fully saturated rings. The van der Waals surface area contributed by atoms with Crippen LogP contribution in [-0.2, 0) is 11.3 Å². The summed E-state index contributed by atoms with van der Waals surface area (Å²) in [5.74, 6) is 0.583. The number of benzene rings is 1. The number of aryl methyl sites for hydroxylation is 1. The zero-order valence-corrected chi connectivity index (χ0v) is 13.7. The lowest BCUT2D eigenvalue weighted by molar-refractivity contribution is 0.0674. The third-order valence-corrected chi connectivity index (χ3v) is 4.18. The van der Waals surface area contributed by atoms with Crippen molar-refractivity contribution in [3.63, 3.8) is 0 Å². The summed E-state index contributed by atoms with van der Waals surface area (Å²) in [7, 11) is 0. The minimum Gasteiger partial charge on any atom is -0.378 e. The van der Waals surface area contributed by atoms with E-state index in [0.717, 1.165) is 35.7 Å². The number of ether oxygens (including phenoxy) is 1. The van der Waals surface area contributed by atoms with Crippen LogP contribution in [0.25, 0.3) is 5.69 Å². The van der Waals surface area contributed by atoms with Gasteiger partial charge in [0.25, 0.3) is 0 Å². The van der Waals surface area contributed by atoms with Crippen LogP contribution in [0.3, 0.4) is 0 Å². The van der Waals surface area contributed by atoms with E-state index in [2.05, 4.69) is 34.0 Å². The van der Waals surface area contributed by atoms with Gasteiger partial charge in [0.2, 0.25) is 0 Å². The first kappa shape index (κ1) is 15.6. The van der Waals surface area contributed by atoms with Gasteiger partial charge >= 0.3 is 0 Å². The van der Waals surface area contributed by atoms with E-state index in [0.29, 0.717) is 25.7 Å². The Morgan fingerprint density at radius 3 is 2.61 bits per heavy atom. The molecule has 2 N–H and O–H groups in total. The fourth-order valence-corrected chi connectivity index (χ4v) is 2.78. The summed E-state index contributed by atoms with van der Waals surface area (Å²) in [4.78, 5) is 6.62. The first-order valence-electron chi connectivity index (χ1n) is 7.90. The van der Waals surface area contributed by atoms with Crippen LogP contribution in [-0.4, -0.2) is 46.9 Å². The molecule has 0 amide bonds. The Morgan fingerprint density at radius 1 is 1.22 bits per heavy atom. The van der Waals surface area contributed by atoms with Gasteiger partial charge in [0.1, 0.15) is 0 Å². The van der Waals surface area contributed by atoms with E-state index < -0.39 is 0 Å². The highest BCUT2D eigenvalue weighted by atomic mass is 16.5. The van der Waals surface area contributed by atoms with E-state index in [1.807, 2.05) is 29.8 Å². The highest BCUT2D eigenvalue weighted by molar-refractivity contribution is 5.78. The fourth-order valence-electron chi connectivity index (χ4n) is 2.78. The van der Waals surface area contributed by atoms with Gasteiger partial charge in [0.15, 0.2) is 5.96 Å². The first-order valence-corrected chi connectivity index (χ1v) is 7.90. The van der Waals surface area contributed by atoms with Crippen LogP contribution in [0, 0.1) is 13.8 Å². The molecule has 122 valence electrons. The lowest BCUT2D eigenvalue weighted by Gasteiger charge is -2.27. The molecule has 2 aromatic rings. The Morgan fingerprint density at radius 2 is 1.91 bits per heavy atom. The lowest BCUT2D eigenvalue weighted by atomic mass is 10.2. The number of aromatic nitrogens is 2. The maximum absolute atomic E-state index is 6.11. The number of nitrogens with zero attached hydrogens (tertiary/aromatic N) is 4. The Bertz CT molecular complexity index is 687. The third-order valence-electron chi connectivity index (χ3n) is 4.18. The van der Waals surface area contributed by atoms with Crippen molar-refractivity contribution in [2.24, 2.45) is 10.7 Å². The standard InChI is InChI=1S/C17H23N5O/c1-13-16(12-19-17(18)21-8-10-23-11-9-21)14(2)22(20-13)15-6-4-3-5-7-15/h3-7H,8-12H2,1-2H3,(H2,18,19). The van der Waals surface area contributed by atoms with Gasteiger partial charge in [-0.3, -0.25) is 0 Å². The summed E-state index contributed by atoms with van der Waals surface area (Å²) < 4.78 is 7.30. The van der Waals surface area contributed by atoms with E-state index >= 15 is 0 Å². The van der Waals surface area contributed by atoms with E-state index in [1.165, 1.54) is 0 Å². The summed E-state index contributed by atoms with van der Waals surface area (Å²) in [6, 6.07) is 10.1. The van der Waals surface area contributed by atoms with E-state index in [-0.39, 0.29) is 0 Å². The van der Waals surface area contributed by atoms with Crippen molar-refractivity contribution >= 4 is 5.96 Å². The van der Waals surface area contributed by atoms with Crippen LogP contribution < -0.4 is 5.73 Å². The molecule has 6 nitrogen and oxygen atoms in total. The highest BCUT2D eigenvalue weighted by Crippen LogP contribution is 2.18. The minimum absolute atomic E-state index is 0.549. The van der Waals surface area contributed by atoms with Crippen molar-refractivity contribution in [2.45, 2.75) is 20.4 Å². The van der Waals surface area contributed by atoms with E-state index in [1.54, 1.807) is 0 Å². The molecular formula is C17H23N5O. The Balaban J connectivity index is 1.79. The number of nitrogens with two attached hydrogens (primary N) is 1. The topological polar surface area (TPSA) is 68.7 Å². The Kier molecular flexibility index (Phi) is 4.62. The summed E-state index contributed by atoms with van der Waals surface area (Å²) in [5, 5.41) is 4.64. The minimum atomic E-state index is 0.549. The van der Waals surface area contributed by atoms with Crippen molar-refractivity contribution < 1.29 is 4.74 Å². The van der Waals surface area contributed by atoms with Gasteiger partial charge in [-0.1, -0.05) is 18.2 Å².